The maximum Gasteiger partial charge on any atom is 0.248 e. The van der Waals surface area contributed by atoms with Crippen molar-refractivity contribution in [3.63, 3.8) is 0 Å². The van der Waals surface area contributed by atoms with Crippen LogP contribution in [-0.2, 0) is 9.63 Å². The van der Waals surface area contributed by atoms with Crippen molar-refractivity contribution in [1.82, 2.24) is 5.06 Å². The second-order valence-electron chi connectivity index (χ2n) is 4.04. The van der Waals surface area contributed by atoms with Gasteiger partial charge in [-0.1, -0.05) is 19.3 Å². The minimum atomic E-state index is -0.790. The highest BCUT2D eigenvalue weighted by Crippen LogP contribution is 2.31. The van der Waals surface area contributed by atoms with Gasteiger partial charge in [0.25, 0.3) is 0 Å². The van der Waals surface area contributed by atoms with Crippen molar-refractivity contribution < 1.29 is 14.7 Å². The standard InChI is InChI=1S/C10H19NO3/c1-11(14-2)9(12)8-10(13)6-4-3-5-7-10/h13H,3-8H2,1-2H3. The lowest BCUT2D eigenvalue weighted by molar-refractivity contribution is -0.174. The van der Waals surface area contributed by atoms with Gasteiger partial charge in [0.2, 0.25) is 5.91 Å². The third-order valence-corrected chi connectivity index (χ3v) is 2.89. The molecular formula is C10H19NO3. The highest BCUT2D eigenvalue weighted by molar-refractivity contribution is 5.75. The average molecular weight is 201 g/mol. The maximum atomic E-state index is 11.5. The van der Waals surface area contributed by atoms with Crippen LogP contribution in [0, 0.1) is 0 Å². The molecule has 0 aliphatic heterocycles. The molecule has 1 rings (SSSR count). The minimum Gasteiger partial charge on any atom is -0.389 e. The van der Waals surface area contributed by atoms with E-state index in [4.69, 9.17) is 4.84 Å². The predicted molar refractivity (Wildman–Crippen MR) is 52.4 cm³/mol. The van der Waals surface area contributed by atoms with Gasteiger partial charge >= 0.3 is 0 Å². The van der Waals surface area contributed by atoms with Gasteiger partial charge in [-0.15, -0.1) is 0 Å². The largest absolute Gasteiger partial charge is 0.389 e. The Morgan fingerprint density at radius 2 is 2.00 bits per heavy atom. The van der Waals surface area contributed by atoms with Crippen LogP contribution in [0.4, 0.5) is 0 Å². The Hall–Kier alpha value is -0.610. The second-order valence-corrected chi connectivity index (χ2v) is 4.04. The Kier molecular flexibility index (Phi) is 3.89. The Bertz CT molecular complexity index is 200. The van der Waals surface area contributed by atoms with E-state index < -0.39 is 5.60 Å². The minimum absolute atomic E-state index is 0.156. The normalized spacial score (nSPS) is 20.5. The Balaban J connectivity index is 2.44. The number of hydrogen-bond acceptors (Lipinski definition) is 3. The molecule has 0 heterocycles. The molecule has 1 saturated carbocycles. The summed E-state index contributed by atoms with van der Waals surface area (Å²) in [6.07, 6.45) is 4.83. The van der Waals surface area contributed by atoms with Crippen molar-refractivity contribution >= 4 is 5.91 Å². The lowest BCUT2D eigenvalue weighted by Crippen LogP contribution is -2.38. The van der Waals surface area contributed by atoms with E-state index in [-0.39, 0.29) is 12.3 Å². The molecule has 1 amide bonds. The molecule has 0 atom stereocenters. The molecule has 82 valence electrons. The van der Waals surface area contributed by atoms with Crippen LogP contribution in [0.2, 0.25) is 0 Å². The van der Waals surface area contributed by atoms with E-state index >= 15 is 0 Å². The molecule has 0 unspecified atom stereocenters. The molecule has 4 heteroatoms. The fourth-order valence-corrected chi connectivity index (χ4v) is 1.88. The molecule has 0 aromatic rings. The Morgan fingerprint density at radius 3 is 2.50 bits per heavy atom. The van der Waals surface area contributed by atoms with E-state index in [1.54, 1.807) is 7.05 Å². The Morgan fingerprint density at radius 1 is 1.43 bits per heavy atom. The zero-order valence-corrected chi connectivity index (χ0v) is 8.95. The molecule has 0 saturated heterocycles. The zero-order chi connectivity index (χ0) is 10.6. The number of hydroxylamine groups is 2. The van der Waals surface area contributed by atoms with Gasteiger partial charge in [-0.05, 0) is 12.8 Å². The molecule has 0 radical (unpaired) electrons. The van der Waals surface area contributed by atoms with Gasteiger partial charge < -0.3 is 5.11 Å². The summed E-state index contributed by atoms with van der Waals surface area (Å²) in [4.78, 5) is 16.3. The van der Waals surface area contributed by atoms with Crippen LogP contribution in [0.25, 0.3) is 0 Å². The van der Waals surface area contributed by atoms with E-state index in [9.17, 15) is 9.90 Å². The lowest BCUT2D eigenvalue weighted by Gasteiger charge is -2.32. The molecule has 0 aromatic heterocycles. The molecule has 0 aromatic carbocycles. The number of carbonyl (C=O) groups is 1. The van der Waals surface area contributed by atoms with E-state index in [0.717, 1.165) is 32.1 Å². The first-order valence-electron chi connectivity index (χ1n) is 5.10. The molecule has 1 aliphatic rings. The molecule has 14 heavy (non-hydrogen) atoms. The van der Waals surface area contributed by atoms with E-state index in [0.29, 0.717) is 0 Å². The van der Waals surface area contributed by atoms with Crippen molar-refractivity contribution in [2.45, 2.75) is 44.1 Å². The first-order chi connectivity index (χ1) is 6.57. The molecule has 0 bridgehead atoms. The van der Waals surface area contributed by atoms with Gasteiger partial charge in [-0.25, -0.2) is 5.06 Å². The SMILES string of the molecule is CON(C)C(=O)CC1(O)CCCCC1. The number of nitrogens with zero attached hydrogens (tertiary/aromatic N) is 1. The predicted octanol–water partition coefficient (Wildman–Crippen LogP) is 1.09. The number of carbonyl (C=O) groups excluding carboxylic acids is 1. The van der Waals surface area contributed by atoms with Crippen LogP contribution in [0.15, 0.2) is 0 Å². The summed E-state index contributed by atoms with van der Waals surface area (Å²) in [5.74, 6) is -0.156. The third kappa shape index (κ3) is 2.96. The van der Waals surface area contributed by atoms with Crippen molar-refractivity contribution in [1.29, 1.82) is 0 Å². The average Bonchev–Trinajstić information content (AvgIpc) is 2.17. The summed E-state index contributed by atoms with van der Waals surface area (Å²) in [6.45, 7) is 0. The van der Waals surface area contributed by atoms with Crippen LogP contribution >= 0.6 is 0 Å². The summed E-state index contributed by atoms with van der Waals surface area (Å²) in [7, 11) is 3.01. The number of hydrogen-bond donors (Lipinski definition) is 1. The molecule has 1 fully saturated rings. The van der Waals surface area contributed by atoms with Crippen molar-refractivity contribution in [3.05, 3.63) is 0 Å². The first kappa shape index (κ1) is 11.5. The van der Waals surface area contributed by atoms with Crippen LogP contribution in [0.5, 0.6) is 0 Å². The summed E-state index contributed by atoms with van der Waals surface area (Å²) in [5, 5.41) is 11.3. The van der Waals surface area contributed by atoms with Crippen molar-refractivity contribution in [2.24, 2.45) is 0 Å². The maximum absolute atomic E-state index is 11.5. The molecule has 1 aliphatic carbocycles. The quantitative estimate of drug-likeness (QED) is 0.695. The molecule has 1 N–H and O–H groups in total. The first-order valence-corrected chi connectivity index (χ1v) is 5.10. The molecule has 4 nitrogen and oxygen atoms in total. The van der Waals surface area contributed by atoms with Gasteiger partial charge in [0, 0.05) is 7.05 Å². The highest BCUT2D eigenvalue weighted by Gasteiger charge is 2.32. The zero-order valence-electron chi connectivity index (χ0n) is 8.95. The molecule has 0 spiro atoms. The summed E-state index contributed by atoms with van der Waals surface area (Å²) < 4.78 is 0. The monoisotopic (exact) mass is 201 g/mol. The molecular weight excluding hydrogens is 182 g/mol. The van der Waals surface area contributed by atoms with Gasteiger partial charge in [0.1, 0.15) is 0 Å². The van der Waals surface area contributed by atoms with Crippen molar-refractivity contribution in [3.8, 4) is 0 Å². The van der Waals surface area contributed by atoms with Crippen LogP contribution in [-0.4, -0.2) is 35.8 Å². The van der Waals surface area contributed by atoms with Gasteiger partial charge in [-0.2, -0.15) is 0 Å². The van der Waals surface area contributed by atoms with Crippen LogP contribution in [0.3, 0.4) is 0 Å². The van der Waals surface area contributed by atoms with Crippen LogP contribution in [0.1, 0.15) is 38.5 Å². The fraction of sp³-hybridized carbons (Fsp3) is 0.900. The third-order valence-electron chi connectivity index (χ3n) is 2.89. The van der Waals surface area contributed by atoms with Crippen molar-refractivity contribution in [2.75, 3.05) is 14.2 Å². The van der Waals surface area contributed by atoms with Gasteiger partial charge in [-0.3, -0.25) is 9.63 Å². The van der Waals surface area contributed by atoms with Gasteiger partial charge in [0.05, 0.1) is 19.1 Å². The van der Waals surface area contributed by atoms with E-state index in [1.165, 1.54) is 12.2 Å². The fourth-order valence-electron chi connectivity index (χ4n) is 1.88. The highest BCUT2D eigenvalue weighted by atomic mass is 16.7. The summed E-state index contributed by atoms with van der Waals surface area (Å²) >= 11 is 0. The topological polar surface area (TPSA) is 49.8 Å². The smallest absolute Gasteiger partial charge is 0.248 e. The summed E-state index contributed by atoms with van der Waals surface area (Å²) in [5.41, 5.74) is -0.790. The number of aliphatic hydroxyl groups is 1. The van der Waals surface area contributed by atoms with E-state index in [1.807, 2.05) is 0 Å². The summed E-state index contributed by atoms with van der Waals surface area (Å²) in [6, 6.07) is 0. The van der Waals surface area contributed by atoms with E-state index in [2.05, 4.69) is 0 Å². The van der Waals surface area contributed by atoms with Crippen LogP contribution < -0.4 is 0 Å². The second kappa shape index (κ2) is 4.75. The number of amides is 1. The Labute approximate surface area is 84.8 Å². The lowest BCUT2D eigenvalue weighted by atomic mass is 9.82. The van der Waals surface area contributed by atoms with Gasteiger partial charge in [0.15, 0.2) is 0 Å². The number of rotatable bonds is 3.